The molecule has 0 saturated heterocycles. The second-order valence-electron chi connectivity index (χ2n) is 5.06. The number of nitrogens with zero attached hydrogens (tertiary/aromatic N) is 1. The standard InChI is InChI=1S/C12H19N3O2/c1-9-2-4-12(8-16,5-3-9)15-11(17)10-6-13-14-7-10/h6-7,9,16H,2-5,8H2,1H3,(H,13,14)(H,15,17). The van der Waals surface area contributed by atoms with E-state index < -0.39 is 5.54 Å². The lowest BCUT2D eigenvalue weighted by molar-refractivity contribution is 0.0717. The first kappa shape index (κ1) is 12.1. The minimum Gasteiger partial charge on any atom is -0.394 e. The van der Waals surface area contributed by atoms with Crippen LogP contribution in [0.25, 0.3) is 0 Å². The number of aliphatic hydroxyl groups excluding tert-OH is 1. The predicted octanol–water partition coefficient (Wildman–Crippen LogP) is 1.08. The largest absolute Gasteiger partial charge is 0.394 e. The Balaban J connectivity index is 2.02. The van der Waals surface area contributed by atoms with Crippen LogP contribution in [-0.4, -0.2) is 33.4 Å². The Hall–Kier alpha value is -1.36. The Bertz CT molecular complexity index is 367. The third-order valence-corrected chi connectivity index (χ3v) is 3.67. The van der Waals surface area contributed by atoms with E-state index in [0.717, 1.165) is 25.7 Å². The first-order valence-electron chi connectivity index (χ1n) is 6.07. The van der Waals surface area contributed by atoms with Gasteiger partial charge in [-0.05, 0) is 31.6 Å². The molecule has 1 amide bonds. The summed E-state index contributed by atoms with van der Waals surface area (Å²) in [5, 5.41) is 18.9. The molecule has 1 saturated carbocycles. The summed E-state index contributed by atoms with van der Waals surface area (Å²) < 4.78 is 0. The van der Waals surface area contributed by atoms with Crippen LogP contribution in [0, 0.1) is 5.92 Å². The van der Waals surface area contributed by atoms with E-state index in [1.165, 1.54) is 6.20 Å². The molecule has 0 radical (unpaired) electrons. The third-order valence-electron chi connectivity index (χ3n) is 3.67. The molecule has 17 heavy (non-hydrogen) atoms. The van der Waals surface area contributed by atoms with E-state index >= 15 is 0 Å². The number of hydrogen-bond donors (Lipinski definition) is 3. The van der Waals surface area contributed by atoms with Crippen molar-refractivity contribution in [3.8, 4) is 0 Å². The summed E-state index contributed by atoms with van der Waals surface area (Å²) in [6, 6.07) is 0. The molecule has 5 nitrogen and oxygen atoms in total. The fourth-order valence-electron chi connectivity index (χ4n) is 2.33. The number of aromatic nitrogens is 2. The first-order chi connectivity index (χ1) is 8.15. The minimum atomic E-state index is -0.444. The highest BCUT2D eigenvalue weighted by atomic mass is 16.3. The van der Waals surface area contributed by atoms with Crippen molar-refractivity contribution >= 4 is 5.91 Å². The first-order valence-corrected chi connectivity index (χ1v) is 6.07. The van der Waals surface area contributed by atoms with E-state index in [9.17, 15) is 9.90 Å². The van der Waals surface area contributed by atoms with Crippen molar-refractivity contribution < 1.29 is 9.90 Å². The van der Waals surface area contributed by atoms with Gasteiger partial charge in [0.2, 0.25) is 0 Å². The zero-order valence-electron chi connectivity index (χ0n) is 10.1. The van der Waals surface area contributed by atoms with Gasteiger partial charge >= 0.3 is 0 Å². The summed E-state index contributed by atoms with van der Waals surface area (Å²) >= 11 is 0. The van der Waals surface area contributed by atoms with Gasteiger partial charge in [0.05, 0.1) is 23.9 Å². The van der Waals surface area contributed by atoms with Crippen molar-refractivity contribution in [1.82, 2.24) is 15.5 Å². The van der Waals surface area contributed by atoms with Gasteiger partial charge in [-0.1, -0.05) is 6.92 Å². The van der Waals surface area contributed by atoms with E-state index in [0.29, 0.717) is 11.5 Å². The number of carbonyl (C=O) groups is 1. The number of rotatable bonds is 3. The molecule has 0 aliphatic heterocycles. The van der Waals surface area contributed by atoms with Crippen LogP contribution in [0.5, 0.6) is 0 Å². The lowest BCUT2D eigenvalue weighted by Gasteiger charge is -2.38. The van der Waals surface area contributed by atoms with Gasteiger partial charge in [0, 0.05) is 6.20 Å². The second kappa shape index (κ2) is 4.87. The summed E-state index contributed by atoms with van der Waals surface area (Å²) in [6.07, 6.45) is 6.83. The van der Waals surface area contributed by atoms with Crippen molar-refractivity contribution in [2.45, 2.75) is 38.1 Å². The molecule has 0 atom stereocenters. The second-order valence-corrected chi connectivity index (χ2v) is 5.06. The summed E-state index contributed by atoms with van der Waals surface area (Å²) in [5.41, 5.74) is 0.0670. The van der Waals surface area contributed by atoms with Crippen LogP contribution in [0.2, 0.25) is 0 Å². The molecule has 3 N–H and O–H groups in total. The number of nitrogens with one attached hydrogen (secondary N) is 2. The van der Waals surface area contributed by atoms with Gasteiger partial charge < -0.3 is 10.4 Å². The Labute approximate surface area is 101 Å². The monoisotopic (exact) mass is 237 g/mol. The molecule has 0 spiro atoms. The SMILES string of the molecule is CC1CCC(CO)(NC(=O)c2cn[nH]c2)CC1. The Morgan fingerprint density at radius 3 is 2.88 bits per heavy atom. The molecule has 2 rings (SSSR count). The molecule has 0 bridgehead atoms. The van der Waals surface area contributed by atoms with Crippen LogP contribution in [0.1, 0.15) is 43.0 Å². The van der Waals surface area contributed by atoms with E-state index in [4.69, 9.17) is 0 Å². The van der Waals surface area contributed by atoms with Gasteiger partial charge in [-0.25, -0.2) is 0 Å². The number of aromatic amines is 1. The molecule has 94 valence electrons. The molecule has 1 heterocycles. The van der Waals surface area contributed by atoms with Gasteiger partial charge in [-0.2, -0.15) is 5.10 Å². The summed E-state index contributed by atoms with van der Waals surface area (Å²) in [5.74, 6) is 0.517. The summed E-state index contributed by atoms with van der Waals surface area (Å²) in [7, 11) is 0. The number of hydrogen-bond acceptors (Lipinski definition) is 3. The fourth-order valence-corrected chi connectivity index (χ4v) is 2.33. The molecule has 5 heteroatoms. The van der Waals surface area contributed by atoms with E-state index in [-0.39, 0.29) is 12.5 Å². The van der Waals surface area contributed by atoms with E-state index in [2.05, 4.69) is 22.4 Å². The van der Waals surface area contributed by atoms with Crippen molar-refractivity contribution in [2.24, 2.45) is 5.92 Å². The van der Waals surface area contributed by atoms with E-state index in [1.807, 2.05) is 0 Å². The van der Waals surface area contributed by atoms with Crippen molar-refractivity contribution in [3.63, 3.8) is 0 Å². The molecule has 0 unspecified atom stereocenters. The van der Waals surface area contributed by atoms with Crippen LogP contribution >= 0.6 is 0 Å². The Morgan fingerprint density at radius 1 is 1.65 bits per heavy atom. The third kappa shape index (κ3) is 2.66. The zero-order chi connectivity index (χ0) is 12.3. The Morgan fingerprint density at radius 2 is 2.35 bits per heavy atom. The van der Waals surface area contributed by atoms with Crippen LogP contribution in [0.15, 0.2) is 12.4 Å². The zero-order valence-corrected chi connectivity index (χ0v) is 10.1. The average molecular weight is 237 g/mol. The highest BCUT2D eigenvalue weighted by molar-refractivity contribution is 5.94. The maximum Gasteiger partial charge on any atom is 0.254 e. The normalized spacial score (nSPS) is 28.9. The summed E-state index contributed by atoms with van der Waals surface area (Å²) in [6.45, 7) is 2.21. The highest BCUT2D eigenvalue weighted by Gasteiger charge is 2.35. The fraction of sp³-hybridized carbons (Fsp3) is 0.667. The highest BCUT2D eigenvalue weighted by Crippen LogP contribution is 2.31. The van der Waals surface area contributed by atoms with Crippen LogP contribution < -0.4 is 5.32 Å². The predicted molar refractivity (Wildman–Crippen MR) is 63.5 cm³/mol. The molecular formula is C12H19N3O2. The molecule has 1 fully saturated rings. The van der Waals surface area contributed by atoms with Crippen molar-refractivity contribution in [1.29, 1.82) is 0 Å². The lowest BCUT2D eigenvalue weighted by atomic mass is 9.77. The molecule has 0 aromatic carbocycles. The molecule has 1 aromatic rings. The Kier molecular flexibility index (Phi) is 3.47. The maximum atomic E-state index is 11.9. The minimum absolute atomic E-state index is 0.00329. The van der Waals surface area contributed by atoms with Gasteiger partial charge in [0.25, 0.3) is 5.91 Å². The summed E-state index contributed by atoms with van der Waals surface area (Å²) in [4.78, 5) is 11.9. The number of H-pyrrole nitrogens is 1. The molecular weight excluding hydrogens is 218 g/mol. The topological polar surface area (TPSA) is 78.0 Å². The molecule has 1 aliphatic carbocycles. The van der Waals surface area contributed by atoms with Crippen molar-refractivity contribution in [2.75, 3.05) is 6.61 Å². The van der Waals surface area contributed by atoms with E-state index in [1.54, 1.807) is 6.20 Å². The number of amides is 1. The van der Waals surface area contributed by atoms with Gasteiger partial charge in [-0.3, -0.25) is 9.89 Å². The van der Waals surface area contributed by atoms with Crippen molar-refractivity contribution in [3.05, 3.63) is 18.0 Å². The van der Waals surface area contributed by atoms with Crippen LogP contribution in [0.4, 0.5) is 0 Å². The van der Waals surface area contributed by atoms with Gasteiger partial charge in [0.1, 0.15) is 0 Å². The maximum absolute atomic E-state index is 11.9. The molecule has 1 aliphatic rings. The smallest absolute Gasteiger partial charge is 0.254 e. The number of aliphatic hydroxyl groups is 1. The van der Waals surface area contributed by atoms with Gasteiger partial charge in [0.15, 0.2) is 0 Å². The van der Waals surface area contributed by atoms with Crippen LogP contribution in [0.3, 0.4) is 0 Å². The van der Waals surface area contributed by atoms with Gasteiger partial charge in [-0.15, -0.1) is 0 Å². The number of carbonyl (C=O) groups excluding carboxylic acids is 1. The van der Waals surface area contributed by atoms with Crippen LogP contribution in [-0.2, 0) is 0 Å². The quantitative estimate of drug-likeness (QED) is 0.736. The lowest BCUT2D eigenvalue weighted by Crippen LogP contribution is -2.53. The average Bonchev–Trinajstić information content (AvgIpc) is 2.86. The molecule has 1 aromatic heterocycles.